The van der Waals surface area contributed by atoms with Crippen LogP contribution in [0.1, 0.15) is 5.69 Å². The van der Waals surface area contributed by atoms with Crippen molar-refractivity contribution in [1.82, 2.24) is 0 Å². The van der Waals surface area contributed by atoms with Gasteiger partial charge < -0.3 is 5.11 Å². The van der Waals surface area contributed by atoms with E-state index < -0.39 is 0 Å². The van der Waals surface area contributed by atoms with Gasteiger partial charge in [0.25, 0.3) is 0 Å². The molecule has 84 valence electrons. The fourth-order valence-electron chi connectivity index (χ4n) is 1.55. The summed E-state index contributed by atoms with van der Waals surface area (Å²) in [4.78, 5) is 0. The number of nitrogens with zero attached hydrogens (tertiary/aromatic N) is 1. The van der Waals surface area contributed by atoms with E-state index in [1.165, 1.54) is 0 Å². The van der Waals surface area contributed by atoms with E-state index in [4.69, 9.17) is 5.11 Å². The number of aliphatic hydroxyl groups excluding tert-OH is 1. The van der Waals surface area contributed by atoms with Crippen molar-refractivity contribution >= 4 is 22.2 Å². The van der Waals surface area contributed by atoms with Crippen LogP contribution < -0.4 is 9.88 Å². The minimum Gasteiger partial charge on any atom is -0.392 e. The van der Waals surface area contributed by atoms with Crippen LogP contribution in [0.25, 0.3) is 0 Å². The molecule has 0 aliphatic heterocycles. The van der Waals surface area contributed by atoms with Crippen LogP contribution in [-0.4, -0.2) is 11.7 Å². The van der Waals surface area contributed by atoms with Gasteiger partial charge in [-0.1, -0.05) is 29.5 Å². The molecule has 0 spiro atoms. The lowest BCUT2D eigenvalue weighted by molar-refractivity contribution is -0.686. The molecule has 0 aliphatic rings. The highest BCUT2D eigenvalue weighted by Crippen LogP contribution is 2.18. The number of benzene rings is 1. The summed E-state index contributed by atoms with van der Waals surface area (Å²) in [6.07, 6.45) is 0. The fourth-order valence-corrected chi connectivity index (χ4v) is 2.50. The van der Waals surface area contributed by atoms with Crippen LogP contribution in [0.15, 0.2) is 35.7 Å². The molecule has 0 fully saturated rings. The SMILES string of the molecule is Cc1csc(Nc2ccccc2)[n+]1CCO. The Morgan fingerprint density at radius 2 is 2.06 bits per heavy atom. The molecule has 0 radical (unpaired) electrons. The van der Waals surface area contributed by atoms with Crippen LogP contribution >= 0.6 is 11.3 Å². The van der Waals surface area contributed by atoms with Crippen molar-refractivity contribution < 1.29 is 9.67 Å². The van der Waals surface area contributed by atoms with Gasteiger partial charge in [0.1, 0.15) is 17.9 Å². The Hall–Kier alpha value is -1.39. The Morgan fingerprint density at radius 1 is 1.31 bits per heavy atom. The van der Waals surface area contributed by atoms with Crippen molar-refractivity contribution in [3.05, 3.63) is 41.4 Å². The molecule has 1 aromatic heterocycles. The third-order valence-corrected chi connectivity index (χ3v) is 3.37. The van der Waals surface area contributed by atoms with Gasteiger partial charge in [-0.3, -0.25) is 0 Å². The average Bonchev–Trinajstić information content (AvgIpc) is 2.64. The number of aryl methyl sites for hydroxylation is 1. The van der Waals surface area contributed by atoms with Crippen molar-refractivity contribution in [1.29, 1.82) is 0 Å². The Labute approximate surface area is 99.0 Å². The third-order valence-electron chi connectivity index (χ3n) is 2.36. The zero-order valence-electron chi connectivity index (χ0n) is 9.18. The lowest BCUT2D eigenvalue weighted by Crippen LogP contribution is -2.38. The maximum atomic E-state index is 9.01. The van der Waals surface area contributed by atoms with Crippen molar-refractivity contribution in [3.8, 4) is 0 Å². The molecule has 0 saturated carbocycles. The fraction of sp³-hybridized carbons (Fsp3) is 0.250. The molecule has 1 aromatic carbocycles. The van der Waals surface area contributed by atoms with Crippen LogP contribution in [-0.2, 0) is 6.54 Å². The molecule has 0 aliphatic carbocycles. The second-order valence-corrected chi connectivity index (χ2v) is 4.41. The first kappa shape index (κ1) is 11.1. The monoisotopic (exact) mass is 235 g/mol. The predicted octanol–water partition coefficient (Wildman–Crippen LogP) is 2.08. The summed E-state index contributed by atoms with van der Waals surface area (Å²) in [7, 11) is 0. The number of hydrogen-bond donors (Lipinski definition) is 2. The molecule has 0 amide bonds. The van der Waals surface area contributed by atoms with E-state index in [0.717, 1.165) is 16.5 Å². The number of aliphatic hydroxyl groups is 1. The highest BCUT2D eigenvalue weighted by atomic mass is 32.1. The van der Waals surface area contributed by atoms with Crippen LogP contribution in [0.3, 0.4) is 0 Å². The first-order valence-electron chi connectivity index (χ1n) is 5.22. The molecule has 1 heterocycles. The van der Waals surface area contributed by atoms with Gasteiger partial charge in [0, 0.05) is 5.38 Å². The molecule has 0 bridgehead atoms. The van der Waals surface area contributed by atoms with Crippen LogP contribution in [0.4, 0.5) is 10.8 Å². The molecule has 0 atom stereocenters. The molecular weight excluding hydrogens is 220 g/mol. The van der Waals surface area contributed by atoms with E-state index >= 15 is 0 Å². The second-order valence-electron chi connectivity index (χ2n) is 3.55. The summed E-state index contributed by atoms with van der Waals surface area (Å²) in [5.74, 6) is 0. The molecule has 16 heavy (non-hydrogen) atoms. The van der Waals surface area contributed by atoms with Gasteiger partial charge in [-0.05, 0) is 19.1 Å². The van der Waals surface area contributed by atoms with E-state index in [1.54, 1.807) is 11.3 Å². The van der Waals surface area contributed by atoms with Crippen LogP contribution in [0, 0.1) is 6.92 Å². The van der Waals surface area contributed by atoms with E-state index in [9.17, 15) is 0 Å². The topological polar surface area (TPSA) is 36.1 Å². The van der Waals surface area contributed by atoms with Gasteiger partial charge in [0.15, 0.2) is 0 Å². The first-order chi connectivity index (χ1) is 7.81. The Morgan fingerprint density at radius 3 is 2.75 bits per heavy atom. The van der Waals surface area contributed by atoms with Gasteiger partial charge in [-0.25, -0.2) is 9.88 Å². The minimum atomic E-state index is 0.158. The number of nitrogens with one attached hydrogen (secondary N) is 1. The lowest BCUT2D eigenvalue weighted by Gasteiger charge is -2.01. The van der Waals surface area contributed by atoms with E-state index in [0.29, 0.717) is 6.54 Å². The number of hydrogen-bond acceptors (Lipinski definition) is 3. The normalized spacial score (nSPS) is 10.4. The third kappa shape index (κ3) is 2.40. The predicted molar refractivity (Wildman–Crippen MR) is 66.1 cm³/mol. The first-order valence-corrected chi connectivity index (χ1v) is 6.10. The standard InChI is InChI=1S/C12H14N2OS/c1-10-9-16-12(14(10)7-8-15)13-11-5-3-2-4-6-11/h2-6,9,15H,7-8H2,1H3/p+1. The van der Waals surface area contributed by atoms with E-state index in [1.807, 2.05) is 37.3 Å². The Kier molecular flexibility index (Phi) is 3.54. The smallest absolute Gasteiger partial charge is 0.339 e. The van der Waals surface area contributed by atoms with Crippen LogP contribution in [0.5, 0.6) is 0 Å². The van der Waals surface area contributed by atoms with E-state index in [2.05, 4.69) is 15.3 Å². The molecule has 2 aromatic rings. The van der Waals surface area contributed by atoms with Gasteiger partial charge in [0.05, 0.1) is 6.61 Å². The number of para-hydroxylation sites is 1. The van der Waals surface area contributed by atoms with E-state index in [-0.39, 0.29) is 6.61 Å². The van der Waals surface area contributed by atoms with Crippen molar-refractivity contribution in [2.45, 2.75) is 13.5 Å². The largest absolute Gasteiger partial charge is 0.392 e. The number of aromatic nitrogens is 1. The molecular formula is C12H15N2OS+. The van der Waals surface area contributed by atoms with Gasteiger partial charge in [0.2, 0.25) is 0 Å². The summed E-state index contributed by atoms with van der Waals surface area (Å²) in [5, 5.41) is 15.5. The maximum Gasteiger partial charge on any atom is 0.339 e. The summed E-state index contributed by atoms with van der Waals surface area (Å²) in [6, 6.07) is 10.0. The van der Waals surface area contributed by atoms with Crippen molar-refractivity contribution in [3.63, 3.8) is 0 Å². The van der Waals surface area contributed by atoms with Gasteiger partial charge in [-0.15, -0.1) is 0 Å². The molecule has 4 heteroatoms. The Bertz CT molecular complexity index is 453. The summed E-state index contributed by atoms with van der Waals surface area (Å²) in [6.45, 7) is 2.83. The van der Waals surface area contributed by atoms with Gasteiger partial charge >= 0.3 is 5.13 Å². The highest BCUT2D eigenvalue weighted by molar-refractivity contribution is 7.13. The summed E-state index contributed by atoms with van der Waals surface area (Å²) < 4.78 is 2.08. The average molecular weight is 235 g/mol. The van der Waals surface area contributed by atoms with Crippen molar-refractivity contribution in [2.75, 3.05) is 11.9 Å². The summed E-state index contributed by atoms with van der Waals surface area (Å²) >= 11 is 1.65. The second kappa shape index (κ2) is 5.09. The maximum absolute atomic E-state index is 9.01. The number of rotatable bonds is 4. The highest BCUT2D eigenvalue weighted by Gasteiger charge is 2.14. The molecule has 0 unspecified atom stereocenters. The summed E-state index contributed by atoms with van der Waals surface area (Å²) in [5.41, 5.74) is 2.23. The minimum absolute atomic E-state index is 0.158. The molecule has 3 nitrogen and oxygen atoms in total. The zero-order valence-corrected chi connectivity index (χ0v) is 10.00. The van der Waals surface area contributed by atoms with Crippen molar-refractivity contribution in [2.24, 2.45) is 0 Å². The number of thiazole rings is 1. The number of anilines is 2. The zero-order chi connectivity index (χ0) is 11.4. The molecule has 2 N–H and O–H groups in total. The van der Waals surface area contributed by atoms with Crippen LogP contribution in [0.2, 0.25) is 0 Å². The molecule has 0 saturated heterocycles. The quantitative estimate of drug-likeness (QED) is 0.796. The van der Waals surface area contributed by atoms with Gasteiger partial charge in [-0.2, -0.15) is 0 Å². The lowest BCUT2D eigenvalue weighted by atomic mass is 10.3. The molecule has 2 rings (SSSR count). The Balaban J connectivity index is 2.21.